The minimum absolute atomic E-state index is 0.0672. The Morgan fingerprint density at radius 1 is 0.950 bits per heavy atom. The predicted molar refractivity (Wildman–Crippen MR) is 82.0 cm³/mol. The SMILES string of the molecule is Nc1cc(Nc2ccc(Cl)c(Cl)c2)ccc1S(N)(=O)=O. The Bertz CT molecular complexity index is 763. The number of hydrogen-bond donors (Lipinski definition) is 3. The number of anilines is 3. The second-order valence-electron chi connectivity index (χ2n) is 4.05. The van der Waals surface area contributed by atoms with Crippen molar-refractivity contribution in [3.05, 3.63) is 46.4 Å². The van der Waals surface area contributed by atoms with E-state index in [1.807, 2.05) is 0 Å². The number of rotatable bonds is 3. The molecule has 2 aromatic rings. The maximum absolute atomic E-state index is 11.3. The maximum Gasteiger partial charge on any atom is 0.240 e. The molecule has 20 heavy (non-hydrogen) atoms. The first-order valence-electron chi connectivity index (χ1n) is 5.42. The highest BCUT2D eigenvalue weighted by Gasteiger charge is 2.12. The predicted octanol–water partition coefficient (Wildman–Crippen LogP) is 2.97. The largest absolute Gasteiger partial charge is 0.398 e. The van der Waals surface area contributed by atoms with Crippen LogP contribution in [-0.2, 0) is 10.0 Å². The Morgan fingerprint density at radius 2 is 1.55 bits per heavy atom. The summed E-state index contributed by atoms with van der Waals surface area (Å²) in [5.41, 5.74) is 7.04. The van der Waals surface area contributed by atoms with E-state index in [-0.39, 0.29) is 10.6 Å². The lowest BCUT2D eigenvalue weighted by Gasteiger charge is -2.10. The fraction of sp³-hybridized carbons (Fsp3) is 0. The number of hydrogen-bond acceptors (Lipinski definition) is 4. The third-order valence-corrected chi connectivity index (χ3v) is 4.25. The van der Waals surface area contributed by atoms with Crippen molar-refractivity contribution in [1.29, 1.82) is 0 Å². The van der Waals surface area contributed by atoms with Crippen LogP contribution in [0.5, 0.6) is 0 Å². The number of nitrogens with two attached hydrogens (primary N) is 2. The van der Waals surface area contributed by atoms with Crippen molar-refractivity contribution in [2.24, 2.45) is 5.14 Å². The van der Waals surface area contributed by atoms with Crippen LogP contribution in [0.3, 0.4) is 0 Å². The van der Waals surface area contributed by atoms with E-state index in [9.17, 15) is 8.42 Å². The third-order valence-electron chi connectivity index (χ3n) is 2.52. The smallest absolute Gasteiger partial charge is 0.240 e. The second-order valence-corrected chi connectivity index (χ2v) is 6.40. The number of sulfonamides is 1. The summed E-state index contributed by atoms with van der Waals surface area (Å²) in [6.07, 6.45) is 0. The van der Waals surface area contributed by atoms with Gasteiger partial charge in [-0.2, -0.15) is 0 Å². The van der Waals surface area contributed by atoms with Crippen LogP contribution >= 0.6 is 23.2 Å². The van der Waals surface area contributed by atoms with E-state index in [1.54, 1.807) is 24.3 Å². The lowest BCUT2D eigenvalue weighted by atomic mass is 10.2. The topological polar surface area (TPSA) is 98.2 Å². The molecule has 2 rings (SSSR count). The maximum atomic E-state index is 11.3. The summed E-state index contributed by atoms with van der Waals surface area (Å²) in [5, 5.41) is 8.92. The van der Waals surface area contributed by atoms with E-state index in [1.165, 1.54) is 12.1 Å². The zero-order chi connectivity index (χ0) is 14.9. The molecule has 0 fully saturated rings. The van der Waals surface area contributed by atoms with E-state index in [0.29, 0.717) is 21.4 Å². The van der Waals surface area contributed by atoms with Gasteiger partial charge in [-0.3, -0.25) is 0 Å². The molecule has 0 aliphatic heterocycles. The van der Waals surface area contributed by atoms with Gasteiger partial charge in [0.25, 0.3) is 0 Å². The highest BCUT2D eigenvalue weighted by atomic mass is 35.5. The third kappa shape index (κ3) is 3.34. The van der Waals surface area contributed by atoms with Gasteiger partial charge in [-0.05, 0) is 36.4 Å². The molecule has 0 aliphatic carbocycles. The molecule has 0 atom stereocenters. The molecule has 2 aromatic carbocycles. The van der Waals surface area contributed by atoms with Crippen LogP contribution in [0.15, 0.2) is 41.3 Å². The van der Waals surface area contributed by atoms with Crippen molar-refractivity contribution >= 4 is 50.3 Å². The minimum Gasteiger partial charge on any atom is -0.398 e. The Labute approximate surface area is 126 Å². The van der Waals surface area contributed by atoms with Gasteiger partial charge in [0.15, 0.2) is 0 Å². The van der Waals surface area contributed by atoms with Crippen LogP contribution in [0.25, 0.3) is 0 Å². The van der Waals surface area contributed by atoms with Crippen LogP contribution in [0.2, 0.25) is 10.0 Å². The zero-order valence-corrected chi connectivity index (χ0v) is 12.4. The molecule has 0 aliphatic rings. The molecule has 0 amide bonds. The molecule has 8 heteroatoms. The number of halogens is 2. The van der Waals surface area contributed by atoms with Crippen molar-refractivity contribution in [3.8, 4) is 0 Å². The van der Waals surface area contributed by atoms with Gasteiger partial charge in [-0.1, -0.05) is 23.2 Å². The number of benzene rings is 2. The van der Waals surface area contributed by atoms with Gasteiger partial charge in [-0.15, -0.1) is 0 Å². The van der Waals surface area contributed by atoms with Gasteiger partial charge < -0.3 is 11.1 Å². The lowest BCUT2D eigenvalue weighted by molar-refractivity contribution is 0.598. The van der Waals surface area contributed by atoms with Crippen LogP contribution < -0.4 is 16.2 Å². The Kier molecular flexibility index (Phi) is 4.10. The standard InChI is InChI=1S/C12H11Cl2N3O2S/c13-9-3-1-7(5-10(9)14)17-8-2-4-12(11(15)6-8)20(16,18)19/h1-6,17H,15H2,(H2,16,18,19). The van der Waals surface area contributed by atoms with Crippen molar-refractivity contribution in [2.45, 2.75) is 4.90 Å². The van der Waals surface area contributed by atoms with Crippen molar-refractivity contribution in [2.75, 3.05) is 11.1 Å². The molecule has 0 spiro atoms. The first-order chi connectivity index (χ1) is 9.27. The van der Waals surface area contributed by atoms with Gasteiger partial charge >= 0.3 is 0 Å². The molecule has 5 N–H and O–H groups in total. The molecular weight excluding hydrogens is 321 g/mol. The van der Waals surface area contributed by atoms with E-state index in [4.69, 9.17) is 34.1 Å². The molecule has 106 valence electrons. The van der Waals surface area contributed by atoms with Crippen molar-refractivity contribution in [3.63, 3.8) is 0 Å². The van der Waals surface area contributed by atoms with Gasteiger partial charge in [-0.25, -0.2) is 13.6 Å². The lowest BCUT2D eigenvalue weighted by Crippen LogP contribution is -2.14. The Balaban J connectivity index is 2.31. The Morgan fingerprint density at radius 3 is 2.10 bits per heavy atom. The molecule has 0 heterocycles. The first kappa shape index (κ1) is 14.9. The molecule has 0 unspecified atom stereocenters. The summed E-state index contributed by atoms with van der Waals surface area (Å²) < 4.78 is 22.5. The van der Waals surface area contributed by atoms with E-state index in [2.05, 4.69) is 5.32 Å². The fourth-order valence-corrected chi connectivity index (χ4v) is 2.57. The Hall–Kier alpha value is -1.47. The molecule has 0 saturated heterocycles. The monoisotopic (exact) mass is 331 g/mol. The quantitative estimate of drug-likeness (QED) is 0.753. The highest BCUT2D eigenvalue weighted by molar-refractivity contribution is 7.89. The summed E-state index contributed by atoms with van der Waals surface area (Å²) in [6, 6.07) is 9.39. The van der Waals surface area contributed by atoms with E-state index < -0.39 is 10.0 Å². The molecule has 0 bridgehead atoms. The molecule has 0 aromatic heterocycles. The van der Waals surface area contributed by atoms with Gasteiger partial charge in [0, 0.05) is 11.4 Å². The average Bonchev–Trinajstić information content (AvgIpc) is 2.32. The molecular formula is C12H11Cl2N3O2S. The van der Waals surface area contributed by atoms with Crippen LogP contribution in [0, 0.1) is 0 Å². The van der Waals surface area contributed by atoms with Crippen molar-refractivity contribution < 1.29 is 8.42 Å². The summed E-state index contributed by atoms with van der Waals surface area (Å²) in [6.45, 7) is 0. The van der Waals surface area contributed by atoms with Gasteiger partial charge in [0.2, 0.25) is 10.0 Å². The van der Waals surface area contributed by atoms with Crippen LogP contribution in [0.1, 0.15) is 0 Å². The number of nitrogens with one attached hydrogen (secondary N) is 1. The number of primary sulfonamides is 1. The first-order valence-corrected chi connectivity index (χ1v) is 7.72. The van der Waals surface area contributed by atoms with E-state index >= 15 is 0 Å². The highest BCUT2D eigenvalue weighted by Crippen LogP contribution is 2.28. The molecule has 0 saturated carbocycles. The zero-order valence-electron chi connectivity index (χ0n) is 10.1. The summed E-state index contributed by atoms with van der Waals surface area (Å²) in [7, 11) is -3.83. The number of nitrogen functional groups attached to an aromatic ring is 1. The minimum atomic E-state index is -3.83. The second kappa shape index (κ2) is 5.49. The summed E-state index contributed by atoms with van der Waals surface area (Å²) >= 11 is 11.7. The molecule has 5 nitrogen and oxygen atoms in total. The summed E-state index contributed by atoms with van der Waals surface area (Å²) in [4.78, 5) is -0.114. The van der Waals surface area contributed by atoms with Gasteiger partial charge in [0.1, 0.15) is 4.90 Å². The fourth-order valence-electron chi connectivity index (χ4n) is 1.63. The van der Waals surface area contributed by atoms with E-state index in [0.717, 1.165) is 0 Å². The summed E-state index contributed by atoms with van der Waals surface area (Å²) in [5.74, 6) is 0. The normalized spacial score (nSPS) is 11.3. The van der Waals surface area contributed by atoms with Crippen LogP contribution in [-0.4, -0.2) is 8.42 Å². The average molecular weight is 332 g/mol. The van der Waals surface area contributed by atoms with Gasteiger partial charge in [0.05, 0.1) is 15.7 Å². The molecule has 0 radical (unpaired) electrons. The van der Waals surface area contributed by atoms with Crippen molar-refractivity contribution in [1.82, 2.24) is 0 Å². The van der Waals surface area contributed by atoms with Crippen LogP contribution in [0.4, 0.5) is 17.1 Å².